The highest BCUT2D eigenvalue weighted by atomic mass is 16.2. The van der Waals surface area contributed by atoms with Crippen molar-refractivity contribution in [1.82, 2.24) is 4.90 Å². The third-order valence-corrected chi connectivity index (χ3v) is 5.72. The zero-order valence-electron chi connectivity index (χ0n) is 13.2. The number of para-hydroxylation sites is 1. The van der Waals surface area contributed by atoms with Crippen molar-refractivity contribution < 1.29 is 9.59 Å². The molecule has 3 heterocycles. The largest absolute Gasteiger partial charge is 0.298 e. The fraction of sp³-hybridized carbons (Fsp3) is 0.556. The van der Waals surface area contributed by atoms with Gasteiger partial charge in [0, 0.05) is 12.6 Å². The van der Waals surface area contributed by atoms with Crippen molar-refractivity contribution in [3.8, 4) is 0 Å². The molecule has 3 aliphatic heterocycles. The molecule has 3 fully saturated rings. The van der Waals surface area contributed by atoms with Crippen molar-refractivity contribution in [1.29, 1.82) is 0 Å². The number of amides is 2. The second-order valence-electron chi connectivity index (χ2n) is 7.51. The number of imide groups is 1. The summed E-state index contributed by atoms with van der Waals surface area (Å²) in [7, 11) is 0. The average molecular weight is 298 g/mol. The molecule has 0 saturated carbocycles. The van der Waals surface area contributed by atoms with E-state index < -0.39 is 0 Å². The quantitative estimate of drug-likeness (QED) is 0.747. The zero-order valence-corrected chi connectivity index (χ0v) is 13.2. The van der Waals surface area contributed by atoms with Crippen molar-refractivity contribution in [3.05, 3.63) is 30.3 Å². The zero-order chi connectivity index (χ0) is 15.5. The number of piperidine rings is 1. The first kappa shape index (κ1) is 13.9. The maximum atomic E-state index is 13.0. The molecule has 0 aliphatic carbocycles. The molecular weight excluding hydrogens is 276 g/mol. The molecule has 0 bridgehead atoms. The normalized spacial score (nSPS) is 33.9. The molecule has 3 saturated heterocycles. The van der Waals surface area contributed by atoms with Gasteiger partial charge in [-0.05, 0) is 36.9 Å². The van der Waals surface area contributed by atoms with Crippen LogP contribution < -0.4 is 4.90 Å². The summed E-state index contributed by atoms with van der Waals surface area (Å²) < 4.78 is 0. The molecular formula is C18H22N2O2. The Labute approximate surface area is 131 Å². The number of rotatable bonds is 1. The summed E-state index contributed by atoms with van der Waals surface area (Å²) in [5.74, 6) is -0.326. The monoisotopic (exact) mass is 298 g/mol. The number of hydrogen-bond acceptors (Lipinski definition) is 3. The molecule has 22 heavy (non-hydrogen) atoms. The molecule has 1 aromatic carbocycles. The lowest BCUT2D eigenvalue weighted by molar-refractivity contribution is -0.124. The Kier molecular flexibility index (Phi) is 2.95. The third-order valence-electron chi connectivity index (χ3n) is 5.72. The van der Waals surface area contributed by atoms with Gasteiger partial charge in [0.2, 0.25) is 11.8 Å². The van der Waals surface area contributed by atoms with Gasteiger partial charge in [-0.1, -0.05) is 32.0 Å². The first-order valence-corrected chi connectivity index (χ1v) is 8.17. The van der Waals surface area contributed by atoms with Crippen molar-refractivity contribution in [2.24, 2.45) is 17.3 Å². The van der Waals surface area contributed by atoms with Gasteiger partial charge in [0.1, 0.15) is 0 Å². The topological polar surface area (TPSA) is 40.6 Å². The Balaban J connectivity index is 1.72. The number of nitrogens with zero attached hydrogens (tertiary/aromatic N) is 2. The summed E-state index contributed by atoms with van der Waals surface area (Å²) in [5.41, 5.74) is 0.812. The van der Waals surface area contributed by atoms with E-state index in [-0.39, 0.29) is 35.1 Å². The van der Waals surface area contributed by atoms with Gasteiger partial charge >= 0.3 is 0 Å². The smallest absolute Gasteiger partial charge is 0.239 e. The van der Waals surface area contributed by atoms with Crippen LogP contribution in [0, 0.1) is 17.3 Å². The summed E-state index contributed by atoms with van der Waals surface area (Å²) in [6, 6.07) is 9.56. The number of benzene rings is 1. The molecule has 116 valence electrons. The number of carbonyl (C=O) groups excluding carboxylic acids is 2. The second kappa shape index (κ2) is 4.66. The minimum absolute atomic E-state index is 0.00340. The van der Waals surface area contributed by atoms with Crippen LogP contribution in [0.3, 0.4) is 0 Å². The van der Waals surface area contributed by atoms with E-state index in [0.29, 0.717) is 5.69 Å². The van der Waals surface area contributed by atoms with Gasteiger partial charge in [0.15, 0.2) is 0 Å². The molecule has 0 aromatic heterocycles. The molecule has 2 amide bonds. The van der Waals surface area contributed by atoms with Crippen LogP contribution in [0.1, 0.15) is 26.7 Å². The Bertz CT molecular complexity index is 625. The number of hydrogen-bond donors (Lipinski definition) is 0. The molecule has 0 unspecified atom stereocenters. The molecule has 4 nitrogen and oxygen atoms in total. The predicted molar refractivity (Wildman–Crippen MR) is 84.3 cm³/mol. The summed E-state index contributed by atoms with van der Waals surface area (Å²) in [6.07, 6.45) is 2.29. The first-order valence-electron chi connectivity index (χ1n) is 8.17. The highest BCUT2D eigenvalue weighted by molar-refractivity contribution is 6.22. The maximum absolute atomic E-state index is 13.0. The lowest BCUT2D eigenvalue weighted by atomic mass is 9.71. The van der Waals surface area contributed by atoms with Gasteiger partial charge in [-0.15, -0.1) is 0 Å². The van der Waals surface area contributed by atoms with Crippen LogP contribution in [0.2, 0.25) is 0 Å². The lowest BCUT2D eigenvalue weighted by Crippen LogP contribution is -2.51. The van der Waals surface area contributed by atoms with Crippen LogP contribution in [0.4, 0.5) is 5.69 Å². The first-order chi connectivity index (χ1) is 10.5. The number of carbonyl (C=O) groups is 2. The molecule has 4 rings (SSSR count). The molecule has 0 spiro atoms. The average Bonchev–Trinajstić information content (AvgIpc) is 2.98. The van der Waals surface area contributed by atoms with Gasteiger partial charge in [-0.2, -0.15) is 0 Å². The van der Waals surface area contributed by atoms with E-state index in [2.05, 4.69) is 18.7 Å². The molecule has 1 aromatic rings. The van der Waals surface area contributed by atoms with Crippen molar-refractivity contribution in [2.75, 3.05) is 18.0 Å². The Morgan fingerprint density at radius 3 is 2.55 bits per heavy atom. The van der Waals surface area contributed by atoms with Crippen molar-refractivity contribution in [3.63, 3.8) is 0 Å². The Morgan fingerprint density at radius 1 is 1.09 bits per heavy atom. The van der Waals surface area contributed by atoms with E-state index in [9.17, 15) is 9.59 Å². The lowest BCUT2D eigenvalue weighted by Gasteiger charge is -2.44. The maximum Gasteiger partial charge on any atom is 0.239 e. The minimum Gasteiger partial charge on any atom is -0.298 e. The molecule has 0 radical (unpaired) electrons. The Morgan fingerprint density at radius 2 is 1.82 bits per heavy atom. The number of anilines is 1. The highest BCUT2D eigenvalue weighted by Crippen LogP contribution is 2.49. The van der Waals surface area contributed by atoms with Gasteiger partial charge in [0.25, 0.3) is 0 Å². The van der Waals surface area contributed by atoms with Crippen molar-refractivity contribution in [2.45, 2.75) is 32.7 Å². The van der Waals surface area contributed by atoms with E-state index in [1.807, 2.05) is 30.3 Å². The van der Waals surface area contributed by atoms with Gasteiger partial charge in [-0.3, -0.25) is 14.5 Å². The summed E-state index contributed by atoms with van der Waals surface area (Å²) in [5, 5.41) is 0. The van der Waals surface area contributed by atoms with Crippen LogP contribution in [-0.2, 0) is 9.59 Å². The molecule has 3 aliphatic rings. The minimum atomic E-state index is -0.164. The SMILES string of the molecule is CC1(C)CCCN2C[C@H]3C(=O)N(c4ccccc4)C(=O)[C@H]3[C@@H]21. The molecule has 3 atom stereocenters. The predicted octanol–water partition coefficient (Wildman–Crippen LogP) is 2.30. The van der Waals surface area contributed by atoms with E-state index in [4.69, 9.17) is 0 Å². The van der Waals surface area contributed by atoms with Gasteiger partial charge in [0.05, 0.1) is 17.5 Å². The van der Waals surface area contributed by atoms with E-state index in [0.717, 1.165) is 25.9 Å². The van der Waals surface area contributed by atoms with Crippen LogP contribution in [0.25, 0.3) is 0 Å². The highest BCUT2D eigenvalue weighted by Gasteiger charge is 2.61. The van der Waals surface area contributed by atoms with Gasteiger partial charge < -0.3 is 0 Å². The van der Waals surface area contributed by atoms with E-state index in [1.165, 1.54) is 4.90 Å². The van der Waals surface area contributed by atoms with Gasteiger partial charge in [-0.25, -0.2) is 4.90 Å². The van der Waals surface area contributed by atoms with Crippen LogP contribution >= 0.6 is 0 Å². The second-order valence-corrected chi connectivity index (χ2v) is 7.51. The van der Waals surface area contributed by atoms with Crippen molar-refractivity contribution >= 4 is 17.5 Å². The fourth-order valence-corrected chi connectivity index (χ4v) is 4.82. The van der Waals surface area contributed by atoms with E-state index in [1.54, 1.807) is 0 Å². The molecule has 0 N–H and O–H groups in total. The summed E-state index contributed by atoms with van der Waals surface area (Å²) in [4.78, 5) is 29.7. The van der Waals surface area contributed by atoms with Crippen LogP contribution in [0.15, 0.2) is 30.3 Å². The summed E-state index contributed by atoms with van der Waals surface area (Å²) >= 11 is 0. The number of fused-ring (bicyclic) bond motifs is 3. The van der Waals surface area contributed by atoms with Crippen LogP contribution in [0.5, 0.6) is 0 Å². The standard InChI is InChI=1S/C18H22N2O2/c1-18(2)9-6-10-19-11-13-14(15(18)19)17(22)20(16(13)21)12-7-4-3-5-8-12/h3-5,7-8,13-15H,6,9-11H2,1-2H3/t13-,14-,15-/m1/s1. The Hall–Kier alpha value is -1.68. The fourth-order valence-electron chi connectivity index (χ4n) is 4.82. The van der Waals surface area contributed by atoms with E-state index >= 15 is 0 Å². The van der Waals surface area contributed by atoms with Crippen LogP contribution in [-0.4, -0.2) is 35.8 Å². The molecule has 4 heteroatoms. The third kappa shape index (κ3) is 1.80. The summed E-state index contributed by atoms with van der Waals surface area (Å²) in [6.45, 7) is 6.25.